The van der Waals surface area contributed by atoms with Crippen LogP contribution in [0.15, 0.2) is 30.3 Å². The third-order valence-corrected chi connectivity index (χ3v) is 3.33. The summed E-state index contributed by atoms with van der Waals surface area (Å²) in [5.41, 5.74) is 1.89. The van der Waals surface area contributed by atoms with Crippen molar-refractivity contribution in [2.24, 2.45) is 5.92 Å². The van der Waals surface area contributed by atoms with Gasteiger partial charge in [0.15, 0.2) is 0 Å². The summed E-state index contributed by atoms with van der Waals surface area (Å²) in [6, 6.07) is 10.9. The van der Waals surface area contributed by atoms with Crippen molar-refractivity contribution in [2.75, 3.05) is 13.1 Å². The van der Waals surface area contributed by atoms with Crippen LogP contribution in [0.1, 0.15) is 19.4 Å². The quantitative estimate of drug-likeness (QED) is 0.726. The van der Waals surface area contributed by atoms with E-state index in [2.05, 4.69) is 49.5 Å². The highest BCUT2D eigenvalue weighted by Gasteiger charge is 2.41. The Morgan fingerprint density at radius 3 is 2.15 bits per heavy atom. The molecule has 1 fully saturated rings. The Balaban J connectivity index is 2.32. The van der Waals surface area contributed by atoms with Crippen LogP contribution < -0.4 is 5.32 Å². The zero-order chi connectivity index (χ0) is 9.31. The fourth-order valence-electron chi connectivity index (χ4n) is 2.11. The van der Waals surface area contributed by atoms with Crippen molar-refractivity contribution >= 4 is 0 Å². The van der Waals surface area contributed by atoms with E-state index in [0.717, 1.165) is 19.0 Å². The zero-order valence-electron chi connectivity index (χ0n) is 8.38. The normalized spacial score (nSPS) is 19.9. The first-order valence-electron chi connectivity index (χ1n) is 5.02. The first-order chi connectivity index (χ1) is 6.26. The summed E-state index contributed by atoms with van der Waals surface area (Å²) in [5, 5.41) is 3.38. The van der Waals surface area contributed by atoms with Crippen LogP contribution in [0, 0.1) is 5.92 Å². The molecule has 1 aliphatic heterocycles. The molecule has 1 heterocycles. The van der Waals surface area contributed by atoms with Gasteiger partial charge in [-0.25, -0.2) is 0 Å². The van der Waals surface area contributed by atoms with E-state index < -0.39 is 0 Å². The number of rotatable bonds is 2. The van der Waals surface area contributed by atoms with Gasteiger partial charge in [-0.2, -0.15) is 0 Å². The Morgan fingerprint density at radius 2 is 1.77 bits per heavy atom. The Hall–Kier alpha value is -0.820. The molecule has 0 radical (unpaired) electrons. The van der Waals surface area contributed by atoms with Crippen LogP contribution in [0.25, 0.3) is 0 Å². The SMILES string of the molecule is CC(C)C1(c2ccccc2)CNC1. The maximum absolute atomic E-state index is 3.38. The van der Waals surface area contributed by atoms with Crippen LogP contribution in [0.4, 0.5) is 0 Å². The Kier molecular flexibility index (Phi) is 2.12. The van der Waals surface area contributed by atoms with Crippen LogP contribution in [-0.4, -0.2) is 13.1 Å². The van der Waals surface area contributed by atoms with Gasteiger partial charge in [0.05, 0.1) is 0 Å². The molecule has 13 heavy (non-hydrogen) atoms. The van der Waals surface area contributed by atoms with E-state index in [-0.39, 0.29) is 0 Å². The molecule has 1 aliphatic rings. The lowest BCUT2D eigenvalue weighted by molar-refractivity contribution is 0.199. The smallest absolute Gasteiger partial charge is 0.0225 e. The van der Waals surface area contributed by atoms with Crippen molar-refractivity contribution in [3.05, 3.63) is 35.9 Å². The maximum Gasteiger partial charge on any atom is 0.0225 e. The molecule has 1 heteroatoms. The van der Waals surface area contributed by atoms with Crippen molar-refractivity contribution < 1.29 is 0 Å². The molecule has 1 N–H and O–H groups in total. The summed E-state index contributed by atoms with van der Waals surface area (Å²) < 4.78 is 0. The monoisotopic (exact) mass is 175 g/mol. The average molecular weight is 175 g/mol. The van der Waals surface area contributed by atoms with Crippen molar-refractivity contribution in [1.82, 2.24) is 5.32 Å². The van der Waals surface area contributed by atoms with E-state index >= 15 is 0 Å². The van der Waals surface area contributed by atoms with Gasteiger partial charge in [-0.15, -0.1) is 0 Å². The van der Waals surface area contributed by atoms with Crippen molar-refractivity contribution in [3.63, 3.8) is 0 Å². The van der Waals surface area contributed by atoms with Crippen LogP contribution in [0.2, 0.25) is 0 Å². The molecule has 0 aromatic heterocycles. The van der Waals surface area contributed by atoms with Crippen molar-refractivity contribution in [1.29, 1.82) is 0 Å². The molecule has 2 rings (SSSR count). The third kappa shape index (κ3) is 1.28. The first-order valence-corrected chi connectivity index (χ1v) is 5.02. The maximum atomic E-state index is 3.38. The van der Waals surface area contributed by atoms with Crippen LogP contribution in [0.3, 0.4) is 0 Å². The summed E-state index contributed by atoms with van der Waals surface area (Å²) >= 11 is 0. The van der Waals surface area contributed by atoms with Crippen LogP contribution >= 0.6 is 0 Å². The Labute approximate surface area is 80.2 Å². The minimum atomic E-state index is 0.404. The van der Waals surface area contributed by atoms with Crippen molar-refractivity contribution in [2.45, 2.75) is 19.3 Å². The lowest BCUT2D eigenvalue weighted by atomic mass is 9.67. The van der Waals surface area contributed by atoms with E-state index in [9.17, 15) is 0 Å². The summed E-state index contributed by atoms with van der Waals surface area (Å²) in [6.45, 7) is 6.89. The topological polar surface area (TPSA) is 12.0 Å². The molecule has 70 valence electrons. The first kappa shape index (κ1) is 8.76. The van der Waals surface area contributed by atoms with E-state index in [1.807, 2.05) is 0 Å². The van der Waals surface area contributed by atoms with Gasteiger partial charge in [0.2, 0.25) is 0 Å². The minimum absolute atomic E-state index is 0.404. The molecule has 1 aromatic rings. The largest absolute Gasteiger partial charge is 0.315 e. The second-order valence-corrected chi connectivity index (χ2v) is 4.28. The second kappa shape index (κ2) is 3.15. The Morgan fingerprint density at radius 1 is 1.15 bits per heavy atom. The van der Waals surface area contributed by atoms with Gasteiger partial charge >= 0.3 is 0 Å². The van der Waals surface area contributed by atoms with Crippen molar-refractivity contribution in [3.8, 4) is 0 Å². The predicted octanol–water partition coefficient (Wildman–Crippen LogP) is 2.18. The molecule has 0 saturated carbocycles. The molecular formula is C12H17N. The predicted molar refractivity (Wildman–Crippen MR) is 55.8 cm³/mol. The molecular weight excluding hydrogens is 158 g/mol. The number of benzene rings is 1. The fourth-order valence-corrected chi connectivity index (χ4v) is 2.11. The summed E-state index contributed by atoms with van der Waals surface area (Å²) in [7, 11) is 0. The van der Waals surface area contributed by atoms with Gasteiger partial charge in [-0.05, 0) is 11.5 Å². The lowest BCUT2D eigenvalue weighted by Crippen LogP contribution is -2.59. The number of hydrogen-bond donors (Lipinski definition) is 1. The summed E-state index contributed by atoms with van der Waals surface area (Å²) in [5.74, 6) is 0.719. The molecule has 1 saturated heterocycles. The zero-order valence-corrected chi connectivity index (χ0v) is 8.38. The van der Waals surface area contributed by atoms with Gasteiger partial charge in [-0.1, -0.05) is 44.2 Å². The Bertz CT molecular complexity index is 272. The molecule has 1 aromatic carbocycles. The summed E-state index contributed by atoms with van der Waals surface area (Å²) in [6.07, 6.45) is 0. The van der Waals surface area contributed by atoms with Gasteiger partial charge in [0.25, 0.3) is 0 Å². The molecule has 0 amide bonds. The highest BCUT2D eigenvalue weighted by Crippen LogP contribution is 2.35. The highest BCUT2D eigenvalue weighted by atomic mass is 15.0. The number of hydrogen-bond acceptors (Lipinski definition) is 1. The average Bonchev–Trinajstić information content (AvgIpc) is 2.03. The summed E-state index contributed by atoms with van der Waals surface area (Å²) in [4.78, 5) is 0. The standard InChI is InChI=1S/C12H17N/c1-10(2)12(8-13-9-12)11-6-4-3-5-7-11/h3-7,10,13H,8-9H2,1-2H3. The van der Waals surface area contributed by atoms with Gasteiger partial charge in [-0.3, -0.25) is 0 Å². The fraction of sp³-hybridized carbons (Fsp3) is 0.500. The van der Waals surface area contributed by atoms with Crippen LogP contribution in [-0.2, 0) is 5.41 Å². The molecule has 1 nitrogen and oxygen atoms in total. The van der Waals surface area contributed by atoms with Crippen LogP contribution in [0.5, 0.6) is 0 Å². The lowest BCUT2D eigenvalue weighted by Gasteiger charge is -2.46. The molecule has 0 spiro atoms. The molecule has 0 unspecified atom stereocenters. The second-order valence-electron chi connectivity index (χ2n) is 4.28. The van der Waals surface area contributed by atoms with Gasteiger partial charge < -0.3 is 5.32 Å². The van der Waals surface area contributed by atoms with E-state index in [4.69, 9.17) is 0 Å². The molecule has 0 aliphatic carbocycles. The van der Waals surface area contributed by atoms with Gasteiger partial charge in [0.1, 0.15) is 0 Å². The minimum Gasteiger partial charge on any atom is -0.315 e. The molecule has 0 atom stereocenters. The molecule has 0 bridgehead atoms. The number of nitrogens with one attached hydrogen (secondary N) is 1. The van der Waals surface area contributed by atoms with Gasteiger partial charge in [0, 0.05) is 18.5 Å². The van der Waals surface area contributed by atoms with E-state index in [0.29, 0.717) is 5.41 Å². The highest BCUT2D eigenvalue weighted by molar-refractivity contribution is 5.30. The third-order valence-electron chi connectivity index (χ3n) is 3.33. The van der Waals surface area contributed by atoms with E-state index in [1.54, 1.807) is 0 Å². The van der Waals surface area contributed by atoms with E-state index in [1.165, 1.54) is 5.56 Å².